The van der Waals surface area contributed by atoms with Crippen LogP contribution in [0.4, 0.5) is 10.5 Å². The molecule has 2 aromatic rings. The molecule has 0 aromatic heterocycles. The monoisotopic (exact) mass is 703 g/mol. The van der Waals surface area contributed by atoms with Crippen LogP contribution >= 0.6 is 45.2 Å². The zero-order valence-electron chi connectivity index (χ0n) is 19.0. The molecule has 2 N–H and O–H groups in total. The van der Waals surface area contributed by atoms with E-state index < -0.39 is 30.4 Å². The molecule has 1 aliphatic heterocycles. The minimum absolute atomic E-state index is 0.0588. The summed E-state index contributed by atoms with van der Waals surface area (Å²) in [6, 6.07) is 10.2. The molecule has 0 bridgehead atoms. The van der Waals surface area contributed by atoms with E-state index in [4.69, 9.17) is 9.47 Å². The number of aryl methyl sites for hydroxylation is 1. The fourth-order valence-corrected chi connectivity index (χ4v) is 5.43. The maximum absolute atomic E-state index is 12.8. The Hall–Kier alpha value is -2.68. The minimum Gasteiger partial charge on any atom is -0.480 e. The van der Waals surface area contributed by atoms with Gasteiger partial charge in [0, 0.05) is 5.69 Å². The van der Waals surface area contributed by atoms with Crippen LogP contribution in [0, 0.1) is 7.14 Å². The van der Waals surface area contributed by atoms with E-state index in [9.17, 15) is 19.2 Å². The Morgan fingerprint density at radius 1 is 1.11 bits per heavy atom. The van der Waals surface area contributed by atoms with E-state index in [-0.39, 0.29) is 18.9 Å². The van der Waals surface area contributed by atoms with E-state index >= 15 is 0 Å². The lowest BCUT2D eigenvalue weighted by Crippen LogP contribution is -2.38. The summed E-state index contributed by atoms with van der Waals surface area (Å²) in [5.74, 6) is -1.01. The number of benzene rings is 2. The first kappa shape index (κ1) is 26.9. The number of halogens is 2. The highest BCUT2D eigenvalue weighted by molar-refractivity contribution is 14.1. The van der Waals surface area contributed by atoms with Crippen LogP contribution in [0.1, 0.15) is 25.0 Å². The first-order valence-electron chi connectivity index (χ1n) is 10.7. The number of urea groups is 1. The third-order valence-corrected chi connectivity index (χ3v) is 6.51. The van der Waals surface area contributed by atoms with Crippen LogP contribution in [0.15, 0.2) is 42.1 Å². The summed E-state index contributed by atoms with van der Waals surface area (Å²) < 4.78 is 11.9. The largest absolute Gasteiger partial charge is 0.480 e. The highest BCUT2D eigenvalue weighted by Crippen LogP contribution is 2.30. The summed E-state index contributed by atoms with van der Waals surface area (Å²) in [6.45, 7) is 3.34. The lowest BCUT2D eigenvalue weighted by Gasteiger charge is -2.13. The number of anilines is 1. The first-order valence-corrected chi connectivity index (χ1v) is 12.9. The van der Waals surface area contributed by atoms with Gasteiger partial charge < -0.3 is 20.1 Å². The average Bonchev–Trinajstić information content (AvgIpc) is 3.06. The molecule has 2 aromatic carbocycles. The normalized spacial score (nSPS) is 14.2. The Kier molecular flexibility index (Phi) is 9.48. The van der Waals surface area contributed by atoms with Crippen molar-refractivity contribution in [3.8, 4) is 5.75 Å². The molecule has 11 heteroatoms. The molecule has 0 atom stereocenters. The van der Waals surface area contributed by atoms with Gasteiger partial charge in [0.1, 0.15) is 18.0 Å². The quantitative estimate of drug-likeness (QED) is 0.177. The Morgan fingerprint density at radius 3 is 2.46 bits per heavy atom. The van der Waals surface area contributed by atoms with Crippen LogP contribution in [0.5, 0.6) is 5.75 Å². The summed E-state index contributed by atoms with van der Waals surface area (Å²) in [5, 5.41) is 5.28. The molecule has 4 amide bonds. The number of nitrogens with zero attached hydrogens (tertiary/aromatic N) is 1. The van der Waals surface area contributed by atoms with Gasteiger partial charge in [0.15, 0.2) is 6.61 Å². The van der Waals surface area contributed by atoms with Crippen molar-refractivity contribution in [1.29, 1.82) is 0 Å². The fourth-order valence-electron chi connectivity index (χ4n) is 3.30. The minimum atomic E-state index is -0.668. The molecule has 3 rings (SSSR count). The molecule has 35 heavy (non-hydrogen) atoms. The van der Waals surface area contributed by atoms with Crippen molar-refractivity contribution in [2.24, 2.45) is 0 Å². The van der Waals surface area contributed by atoms with Gasteiger partial charge in [0.25, 0.3) is 5.91 Å². The molecule has 1 aliphatic rings. The van der Waals surface area contributed by atoms with Crippen LogP contribution in [0.3, 0.4) is 0 Å². The second kappa shape index (κ2) is 12.3. The predicted molar refractivity (Wildman–Crippen MR) is 147 cm³/mol. The number of carbonyl (C=O) groups excluding carboxylic acids is 4. The Balaban J connectivity index is 1.70. The number of hydrogen-bond acceptors (Lipinski definition) is 6. The van der Waals surface area contributed by atoms with E-state index in [1.807, 2.05) is 19.1 Å². The summed E-state index contributed by atoms with van der Waals surface area (Å²) in [5.41, 5.74) is 2.31. The molecule has 0 saturated carbocycles. The molecule has 0 spiro atoms. The zero-order valence-corrected chi connectivity index (χ0v) is 23.3. The van der Waals surface area contributed by atoms with Crippen molar-refractivity contribution >= 4 is 80.8 Å². The highest BCUT2D eigenvalue weighted by atomic mass is 127. The van der Waals surface area contributed by atoms with Gasteiger partial charge in [-0.3, -0.25) is 9.59 Å². The van der Waals surface area contributed by atoms with Crippen molar-refractivity contribution in [3.63, 3.8) is 0 Å². The van der Waals surface area contributed by atoms with Gasteiger partial charge in [-0.2, -0.15) is 0 Å². The van der Waals surface area contributed by atoms with E-state index in [0.29, 0.717) is 24.1 Å². The van der Waals surface area contributed by atoms with Crippen LogP contribution in [-0.2, 0) is 25.5 Å². The number of rotatable bonds is 9. The number of hydrogen-bond donors (Lipinski definition) is 2. The summed E-state index contributed by atoms with van der Waals surface area (Å²) >= 11 is 4.13. The smallest absolute Gasteiger partial charge is 0.344 e. The number of nitrogens with one attached hydrogen (secondary N) is 2. The van der Waals surface area contributed by atoms with Gasteiger partial charge in [-0.25, -0.2) is 14.5 Å². The van der Waals surface area contributed by atoms with E-state index in [2.05, 4.69) is 55.8 Å². The third kappa shape index (κ3) is 6.93. The SMILES string of the molecule is CCOC(=O)COc1c(I)cc(/C=C2/NC(=O)N(CC(=O)Nc3ccccc3CC)C2=O)cc1I. The first-order chi connectivity index (χ1) is 16.7. The third-order valence-electron chi connectivity index (χ3n) is 4.91. The second-order valence-electron chi connectivity index (χ2n) is 7.35. The van der Waals surface area contributed by atoms with Crippen molar-refractivity contribution in [3.05, 3.63) is 60.4 Å². The molecule has 1 saturated heterocycles. The van der Waals surface area contributed by atoms with Crippen molar-refractivity contribution in [2.75, 3.05) is 25.1 Å². The second-order valence-corrected chi connectivity index (χ2v) is 9.67. The van der Waals surface area contributed by atoms with Gasteiger partial charge in [0.05, 0.1) is 13.7 Å². The molecule has 0 radical (unpaired) electrons. The molecule has 0 unspecified atom stereocenters. The standard InChI is InChI=1S/C24H23I2N3O6/c1-3-15-7-5-6-8-18(15)27-20(30)12-29-23(32)19(28-24(29)33)11-14-9-16(25)22(17(26)10-14)35-13-21(31)34-4-2/h5-11H,3-4,12-13H2,1-2H3,(H,27,30)(H,28,33)/b19-11+. The van der Waals surface area contributed by atoms with Crippen LogP contribution in [0.25, 0.3) is 6.08 Å². The summed E-state index contributed by atoms with van der Waals surface area (Å²) in [6.07, 6.45) is 2.26. The Bertz CT molecular complexity index is 1170. The summed E-state index contributed by atoms with van der Waals surface area (Å²) in [7, 11) is 0. The lowest BCUT2D eigenvalue weighted by atomic mass is 10.1. The number of esters is 1. The number of carbonyl (C=O) groups is 4. The Morgan fingerprint density at radius 2 is 1.80 bits per heavy atom. The highest BCUT2D eigenvalue weighted by Gasteiger charge is 2.35. The zero-order chi connectivity index (χ0) is 25.5. The summed E-state index contributed by atoms with van der Waals surface area (Å²) in [4.78, 5) is 50.2. The van der Waals surface area contributed by atoms with Gasteiger partial charge in [0.2, 0.25) is 5.91 Å². The molecule has 9 nitrogen and oxygen atoms in total. The topological polar surface area (TPSA) is 114 Å². The van der Waals surface area contributed by atoms with Gasteiger partial charge in [-0.15, -0.1) is 0 Å². The molecular formula is C24H23I2N3O6. The van der Waals surface area contributed by atoms with Crippen LogP contribution in [-0.4, -0.2) is 48.5 Å². The maximum atomic E-state index is 12.8. The predicted octanol–water partition coefficient (Wildman–Crippen LogP) is 3.93. The number of amides is 4. The molecular weight excluding hydrogens is 680 g/mol. The van der Waals surface area contributed by atoms with Gasteiger partial charge in [-0.05, 0) is 93.9 Å². The van der Waals surface area contributed by atoms with Crippen molar-refractivity contribution in [1.82, 2.24) is 10.2 Å². The van der Waals surface area contributed by atoms with Crippen molar-refractivity contribution < 1.29 is 28.7 Å². The van der Waals surface area contributed by atoms with Crippen LogP contribution < -0.4 is 15.4 Å². The maximum Gasteiger partial charge on any atom is 0.344 e. The number of imide groups is 1. The van der Waals surface area contributed by atoms with Gasteiger partial charge >= 0.3 is 12.0 Å². The van der Waals surface area contributed by atoms with Gasteiger partial charge in [-0.1, -0.05) is 25.1 Å². The fraction of sp³-hybridized carbons (Fsp3) is 0.250. The molecule has 184 valence electrons. The number of para-hydroxylation sites is 1. The van der Waals surface area contributed by atoms with E-state index in [0.717, 1.165) is 16.9 Å². The van der Waals surface area contributed by atoms with Crippen LogP contribution in [0.2, 0.25) is 0 Å². The van der Waals surface area contributed by atoms with Crippen molar-refractivity contribution in [2.45, 2.75) is 20.3 Å². The van der Waals surface area contributed by atoms with E-state index in [1.54, 1.807) is 31.2 Å². The lowest BCUT2D eigenvalue weighted by molar-refractivity contribution is -0.145. The Labute approximate surface area is 229 Å². The average molecular weight is 703 g/mol. The molecule has 1 fully saturated rings. The molecule has 1 heterocycles. The van der Waals surface area contributed by atoms with E-state index in [1.165, 1.54) is 6.08 Å². The number of ether oxygens (including phenoxy) is 2. The molecule has 0 aliphatic carbocycles.